The molecule has 88 valence electrons. The maximum Gasteiger partial charge on any atom is 0.0727 e. The highest BCUT2D eigenvalue weighted by molar-refractivity contribution is 5.26. The van der Waals surface area contributed by atoms with E-state index in [-0.39, 0.29) is 0 Å². The van der Waals surface area contributed by atoms with Gasteiger partial charge in [-0.3, -0.25) is 0 Å². The summed E-state index contributed by atoms with van der Waals surface area (Å²) in [5.41, 5.74) is 2.87. The van der Waals surface area contributed by atoms with Crippen molar-refractivity contribution in [2.24, 2.45) is 5.92 Å². The molecule has 0 aromatic heterocycles. The Hall–Kier alpha value is -0.860. The number of nitrogens with one attached hydrogen (secondary N) is 1. The predicted octanol–water partition coefficient (Wildman–Crippen LogP) is 2.16. The zero-order valence-corrected chi connectivity index (χ0v) is 10.2. The van der Waals surface area contributed by atoms with Crippen LogP contribution in [0.4, 0.5) is 0 Å². The molecule has 1 N–H and O–H groups in total. The first-order chi connectivity index (χ1) is 7.81. The Morgan fingerprint density at radius 1 is 1.38 bits per heavy atom. The van der Waals surface area contributed by atoms with Crippen molar-refractivity contribution in [1.29, 1.82) is 0 Å². The molecule has 0 bridgehead atoms. The van der Waals surface area contributed by atoms with Gasteiger partial charge < -0.3 is 10.1 Å². The highest BCUT2D eigenvalue weighted by Crippen LogP contribution is 2.22. The van der Waals surface area contributed by atoms with E-state index >= 15 is 0 Å². The Bertz CT molecular complexity index is 337. The van der Waals surface area contributed by atoms with Gasteiger partial charge in [-0.15, -0.1) is 0 Å². The zero-order valence-electron chi connectivity index (χ0n) is 10.2. The molecule has 0 spiro atoms. The first-order valence-electron chi connectivity index (χ1n) is 6.09. The van der Waals surface area contributed by atoms with Crippen molar-refractivity contribution in [2.75, 3.05) is 20.2 Å². The second kappa shape index (κ2) is 5.46. The maximum atomic E-state index is 5.55. The molecule has 0 radical (unpaired) electrons. The van der Waals surface area contributed by atoms with E-state index in [1.165, 1.54) is 17.5 Å². The van der Waals surface area contributed by atoms with E-state index in [0.29, 0.717) is 12.0 Å². The standard InChI is InChI=1S/C14H21NO/c1-11-5-3-4-6-12(11)9-13-7-8-15-10-14(13)16-2/h3-6,13-15H,7-10H2,1-2H3. The van der Waals surface area contributed by atoms with Crippen LogP contribution in [0.15, 0.2) is 24.3 Å². The van der Waals surface area contributed by atoms with Crippen LogP contribution in [-0.2, 0) is 11.2 Å². The van der Waals surface area contributed by atoms with Crippen LogP contribution in [0.25, 0.3) is 0 Å². The van der Waals surface area contributed by atoms with E-state index in [0.717, 1.165) is 19.5 Å². The van der Waals surface area contributed by atoms with E-state index in [2.05, 4.69) is 36.5 Å². The van der Waals surface area contributed by atoms with Crippen LogP contribution in [0.3, 0.4) is 0 Å². The third kappa shape index (κ3) is 2.63. The first kappa shape index (κ1) is 11.6. The minimum atomic E-state index is 0.369. The summed E-state index contributed by atoms with van der Waals surface area (Å²) in [6, 6.07) is 8.67. The van der Waals surface area contributed by atoms with Crippen LogP contribution in [0.2, 0.25) is 0 Å². The fourth-order valence-corrected chi connectivity index (χ4v) is 2.52. The first-order valence-corrected chi connectivity index (χ1v) is 6.09. The van der Waals surface area contributed by atoms with Crippen LogP contribution in [0.1, 0.15) is 17.5 Å². The van der Waals surface area contributed by atoms with Gasteiger partial charge in [-0.25, -0.2) is 0 Å². The molecule has 0 amide bonds. The third-order valence-electron chi connectivity index (χ3n) is 3.61. The average Bonchev–Trinajstić information content (AvgIpc) is 2.33. The van der Waals surface area contributed by atoms with Gasteiger partial charge in [-0.2, -0.15) is 0 Å². The van der Waals surface area contributed by atoms with Crippen molar-refractivity contribution in [3.63, 3.8) is 0 Å². The number of ether oxygens (including phenoxy) is 1. The Kier molecular flexibility index (Phi) is 3.97. The second-order valence-corrected chi connectivity index (χ2v) is 4.66. The minimum absolute atomic E-state index is 0.369. The summed E-state index contributed by atoms with van der Waals surface area (Å²) in [6.07, 6.45) is 2.73. The van der Waals surface area contributed by atoms with Crippen molar-refractivity contribution in [2.45, 2.75) is 25.9 Å². The van der Waals surface area contributed by atoms with Gasteiger partial charge in [0.25, 0.3) is 0 Å². The summed E-state index contributed by atoms with van der Waals surface area (Å²) >= 11 is 0. The van der Waals surface area contributed by atoms with E-state index in [9.17, 15) is 0 Å². The average molecular weight is 219 g/mol. The summed E-state index contributed by atoms with van der Waals surface area (Å²) in [4.78, 5) is 0. The Balaban J connectivity index is 2.05. The topological polar surface area (TPSA) is 21.3 Å². The highest BCUT2D eigenvalue weighted by atomic mass is 16.5. The molecule has 1 saturated heterocycles. The van der Waals surface area contributed by atoms with Gasteiger partial charge in [0.2, 0.25) is 0 Å². The number of aryl methyl sites for hydroxylation is 1. The molecule has 16 heavy (non-hydrogen) atoms. The van der Waals surface area contributed by atoms with Crippen LogP contribution in [0.5, 0.6) is 0 Å². The molecule has 2 unspecified atom stereocenters. The number of hydrogen-bond acceptors (Lipinski definition) is 2. The van der Waals surface area contributed by atoms with Crippen molar-refractivity contribution in [3.8, 4) is 0 Å². The lowest BCUT2D eigenvalue weighted by Crippen LogP contribution is -2.42. The number of hydrogen-bond donors (Lipinski definition) is 1. The number of piperidine rings is 1. The molecule has 0 saturated carbocycles. The monoisotopic (exact) mass is 219 g/mol. The molecule has 1 heterocycles. The van der Waals surface area contributed by atoms with Crippen molar-refractivity contribution >= 4 is 0 Å². The summed E-state index contributed by atoms with van der Waals surface area (Å²) in [7, 11) is 1.82. The summed E-state index contributed by atoms with van der Waals surface area (Å²) in [5, 5.41) is 3.39. The van der Waals surface area contributed by atoms with Crippen molar-refractivity contribution in [3.05, 3.63) is 35.4 Å². The molecule has 1 aromatic carbocycles. The molecule has 2 atom stereocenters. The summed E-state index contributed by atoms with van der Waals surface area (Å²) < 4.78 is 5.55. The molecular formula is C14H21NO. The highest BCUT2D eigenvalue weighted by Gasteiger charge is 2.24. The fraction of sp³-hybridized carbons (Fsp3) is 0.571. The molecule has 0 aliphatic carbocycles. The molecule has 1 aliphatic heterocycles. The van der Waals surface area contributed by atoms with Gasteiger partial charge in [-0.1, -0.05) is 24.3 Å². The Morgan fingerprint density at radius 3 is 2.94 bits per heavy atom. The van der Waals surface area contributed by atoms with Crippen molar-refractivity contribution in [1.82, 2.24) is 5.32 Å². The van der Waals surface area contributed by atoms with E-state index in [4.69, 9.17) is 4.74 Å². The molecule has 1 aromatic rings. The van der Waals surface area contributed by atoms with Gasteiger partial charge in [-0.05, 0) is 43.4 Å². The van der Waals surface area contributed by atoms with Crippen molar-refractivity contribution < 1.29 is 4.74 Å². The van der Waals surface area contributed by atoms with Gasteiger partial charge in [0.15, 0.2) is 0 Å². The van der Waals surface area contributed by atoms with Crippen LogP contribution >= 0.6 is 0 Å². The van der Waals surface area contributed by atoms with E-state index in [1.54, 1.807) is 0 Å². The largest absolute Gasteiger partial charge is 0.380 e. The number of rotatable bonds is 3. The van der Waals surface area contributed by atoms with Crippen LogP contribution in [-0.4, -0.2) is 26.3 Å². The Morgan fingerprint density at radius 2 is 2.19 bits per heavy atom. The predicted molar refractivity (Wildman–Crippen MR) is 66.7 cm³/mol. The zero-order chi connectivity index (χ0) is 11.4. The Labute approximate surface area is 98.0 Å². The van der Waals surface area contributed by atoms with Crippen LogP contribution in [0, 0.1) is 12.8 Å². The lowest BCUT2D eigenvalue weighted by Gasteiger charge is -2.31. The van der Waals surface area contributed by atoms with Gasteiger partial charge in [0, 0.05) is 13.7 Å². The lowest BCUT2D eigenvalue weighted by atomic mass is 9.87. The smallest absolute Gasteiger partial charge is 0.0727 e. The summed E-state index contributed by atoms with van der Waals surface area (Å²) in [5.74, 6) is 0.660. The third-order valence-corrected chi connectivity index (χ3v) is 3.61. The number of benzene rings is 1. The molecular weight excluding hydrogens is 198 g/mol. The molecule has 2 rings (SSSR count). The normalized spacial score (nSPS) is 25.6. The molecule has 1 aliphatic rings. The summed E-state index contributed by atoms with van der Waals surface area (Å²) in [6.45, 7) is 4.31. The van der Waals surface area contributed by atoms with Crippen LogP contribution < -0.4 is 5.32 Å². The maximum absolute atomic E-state index is 5.55. The number of methoxy groups -OCH3 is 1. The van der Waals surface area contributed by atoms with Gasteiger partial charge in [0.1, 0.15) is 0 Å². The second-order valence-electron chi connectivity index (χ2n) is 4.66. The molecule has 2 heteroatoms. The lowest BCUT2D eigenvalue weighted by molar-refractivity contribution is 0.0341. The molecule has 2 nitrogen and oxygen atoms in total. The van der Waals surface area contributed by atoms with Gasteiger partial charge >= 0.3 is 0 Å². The van der Waals surface area contributed by atoms with E-state index in [1.807, 2.05) is 7.11 Å². The SMILES string of the molecule is COC1CNCCC1Cc1ccccc1C. The molecule has 1 fully saturated rings. The quantitative estimate of drug-likeness (QED) is 0.841. The minimum Gasteiger partial charge on any atom is -0.380 e. The fourth-order valence-electron chi connectivity index (χ4n) is 2.52. The van der Waals surface area contributed by atoms with Gasteiger partial charge in [0.05, 0.1) is 6.10 Å². The van der Waals surface area contributed by atoms with E-state index < -0.39 is 0 Å².